The molecule has 3 aromatic carbocycles. The Bertz CT molecular complexity index is 1360. The summed E-state index contributed by atoms with van der Waals surface area (Å²) in [6, 6.07) is 8.95. The molecule has 1 amide bonds. The normalized spacial score (nSPS) is 18.3. The molecular weight excluding hydrogens is 529 g/mol. The van der Waals surface area contributed by atoms with E-state index >= 15 is 0 Å². The smallest absolute Gasteiger partial charge is 0.231 e. The van der Waals surface area contributed by atoms with Crippen molar-refractivity contribution in [2.45, 2.75) is 23.6 Å². The van der Waals surface area contributed by atoms with Crippen LogP contribution in [0, 0.1) is 36.1 Å². The number of carbonyl (C=O) groups excluding carboxylic acids is 2. The van der Waals surface area contributed by atoms with Gasteiger partial charge in [-0.1, -0.05) is 23.7 Å². The molecule has 0 aromatic heterocycles. The summed E-state index contributed by atoms with van der Waals surface area (Å²) >= 11 is 18.4. The van der Waals surface area contributed by atoms with Gasteiger partial charge < -0.3 is 5.32 Å². The standard InChI is InChI=1S/C25H16Cl3F4NO2/c1-11-16(21(34)7-12-2-4-14(29)8-20(12)32)9-15(10-19(11)31)33-24(35)23-22(25(23,27)28)13-3-5-18(30)17(26)6-13/h2-6,8-10,22-23H,7H2,1H3,(H,33,35). The molecular formula is C25H16Cl3F4NO2. The third kappa shape index (κ3) is 5.03. The molecule has 2 unspecified atom stereocenters. The predicted octanol–water partition coefficient (Wildman–Crippen LogP) is 7.16. The summed E-state index contributed by atoms with van der Waals surface area (Å²) in [7, 11) is 0. The summed E-state index contributed by atoms with van der Waals surface area (Å²) in [5.74, 6) is -6.02. The molecule has 1 aliphatic rings. The summed E-state index contributed by atoms with van der Waals surface area (Å²) in [5.41, 5.74) is 0.287. The molecule has 0 bridgehead atoms. The maximum atomic E-state index is 14.6. The fourth-order valence-corrected chi connectivity index (χ4v) is 4.98. The van der Waals surface area contributed by atoms with Crippen LogP contribution in [0.3, 0.4) is 0 Å². The highest BCUT2D eigenvalue weighted by molar-refractivity contribution is 6.53. The molecule has 35 heavy (non-hydrogen) atoms. The quantitative estimate of drug-likeness (QED) is 0.203. The van der Waals surface area contributed by atoms with E-state index in [4.69, 9.17) is 34.8 Å². The zero-order valence-corrected chi connectivity index (χ0v) is 20.2. The van der Waals surface area contributed by atoms with E-state index in [-0.39, 0.29) is 27.4 Å². The lowest BCUT2D eigenvalue weighted by Gasteiger charge is -2.12. The number of amides is 1. The van der Waals surface area contributed by atoms with Crippen molar-refractivity contribution in [3.63, 3.8) is 0 Å². The maximum Gasteiger partial charge on any atom is 0.231 e. The SMILES string of the molecule is Cc1c(F)cc(NC(=O)C2C(c3ccc(F)c(Cl)c3)C2(Cl)Cl)cc1C(=O)Cc1ccc(F)cc1F. The van der Waals surface area contributed by atoms with Gasteiger partial charge >= 0.3 is 0 Å². The van der Waals surface area contributed by atoms with Crippen LogP contribution in [0.25, 0.3) is 0 Å². The number of benzene rings is 3. The van der Waals surface area contributed by atoms with Crippen molar-refractivity contribution in [3.8, 4) is 0 Å². The van der Waals surface area contributed by atoms with Crippen LogP contribution in [0.2, 0.25) is 5.02 Å². The first-order valence-electron chi connectivity index (χ1n) is 10.3. The minimum Gasteiger partial charge on any atom is -0.326 e. The van der Waals surface area contributed by atoms with Crippen LogP contribution >= 0.6 is 34.8 Å². The van der Waals surface area contributed by atoms with Crippen LogP contribution < -0.4 is 5.32 Å². The molecule has 4 rings (SSSR count). The fourth-order valence-electron chi connectivity index (χ4n) is 3.97. The van der Waals surface area contributed by atoms with Crippen LogP contribution in [-0.2, 0) is 11.2 Å². The van der Waals surface area contributed by atoms with Crippen LogP contribution in [-0.4, -0.2) is 16.0 Å². The average molecular weight is 545 g/mol. The van der Waals surface area contributed by atoms with Crippen LogP contribution in [0.15, 0.2) is 48.5 Å². The van der Waals surface area contributed by atoms with E-state index in [1.165, 1.54) is 25.1 Å². The largest absolute Gasteiger partial charge is 0.326 e. The molecule has 1 N–H and O–H groups in total. The Hall–Kier alpha value is -2.61. The molecule has 0 heterocycles. The van der Waals surface area contributed by atoms with E-state index in [0.717, 1.165) is 24.3 Å². The van der Waals surface area contributed by atoms with Crippen molar-refractivity contribution in [2.24, 2.45) is 5.92 Å². The van der Waals surface area contributed by atoms with Gasteiger partial charge in [0.05, 0.1) is 10.9 Å². The van der Waals surface area contributed by atoms with E-state index in [9.17, 15) is 27.2 Å². The Morgan fingerprint density at radius 2 is 1.66 bits per heavy atom. The summed E-state index contributed by atoms with van der Waals surface area (Å²) in [5, 5.41) is 2.35. The lowest BCUT2D eigenvalue weighted by atomic mass is 9.97. The molecule has 2 atom stereocenters. The van der Waals surface area contributed by atoms with Crippen molar-refractivity contribution in [2.75, 3.05) is 5.32 Å². The predicted molar refractivity (Wildman–Crippen MR) is 126 cm³/mol. The number of Topliss-reactive ketones (excluding diaryl/α,β-unsaturated/α-hetero) is 1. The lowest BCUT2D eigenvalue weighted by molar-refractivity contribution is -0.117. The third-order valence-electron chi connectivity index (χ3n) is 5.92. The number of nitrogens with one attached hydrogen (secondary N) is 1. The molecule has 3 nitrogen and oxygen atoms in total. The molecule has 0 spiro atoms. The molecule has 0 saturated heterocycles. The average Bonchev–Trinajstić information content (AvgIpc) is 3.36. The topological polar surface area (TPSA) is 46.2 Å². The fraction of sp³-hybridized carbons (Fsp3) is 0.200. The minimum absolute atomic E-state index is 0.00445. The highest BCUT2D eigenvalue weighted by atomic mass is 35.5. The summed E-state index contributed by atoms with van der Waals surface area (Å²) in [6.07, 6.45) is -0.438. The van der Waals surface area contributed by atoms with Crippen molar-refractivity contribution in [3.05, 3.63) is 99.1 Å². The molecule has 1 saturated carbocycles. The zero-order valence-electron chi connectivity index (χ0n) is 17.9. The Balaban J connectivity index is 1.55. The third-order valence-corrected chi connectivity index (χ3v) is 7.15. The Morgan fingerprint density at radius 1 is 0.943 bits per heavy atom. The van der Waals surface area contributed by atoms with Crippen molar-refractivity contribution in [1.29, 1.82) is 0 Å². The molecule has 3 aromatic rings. The van der Waals surface area contributed by atoms with Gasteiger partial charge in [-0.2, -0.15) is 0 Å². The van der Waals surface area contributed by atoms with E-state index in [2.05, 4.69) is 5.32 Å². The highest BCUT2D eigenvalue weighted by Crippen LogP contribution is 2.65. The first-order valence-corrected chi connectivity index (χ1v) is 11.4. The molecule has 0 aliphatic heterocycles. The number of hydrogen-bond acceptors (Lipinski definition) is 2. The first kappa shape index (κ1) is 25.5. The van der Waals surface area contributed by atoms with Crippen LogP contribution in [0.1, 0.15) is 33.0 Å². The first-order chi connectivity index (χ1) is 16.4. The van der Waals surface area contributed by atoms with Crippen molar-refractivity contribution < 1.29 is 27.2 Å². The second-order valence-electron chi connectivity index (χ2n) is 8.26. The number of hydrogen-bond donors (Lipinski definition) is 1. The number of ketones is 1. The Kier molecular flexibility index (Phi) is 6.88. The van der Waals surface area contributed by atoms with Crippen molar-refractivity contribution in [1.82, 2.24) is 0 Å². The number of rotatable bonds is 6. The van der Waals surface area contributed by atoms with Gasteiger partial charge in [0.1, 0.15) is 27.6 Å². The number of alkyl halides is 2. The maximum absolute atomic E-state index is 14.6. The van der Waals surface area contributed by atoms with Gasteiger partial charge in [0.15, 0.2) is 5.78 Å². The molecule has 1 fully saturated rings. The molecule has 10 heteroatoms. The van der Waals surface area contributed by atoms with Gasteiger partial charge in [-0.3, -0.25) is 9.59 Å². The monoisotopic (exact) mass is 543 g/mol. The molecule has 0 radical (unpaired) electrons. The van der Waals surface area contributed by atoms with Crippen LogP contribution in [0.5, 0.6) is 0 Å². The van der Waals surface area contributed by atoms with Gasteiger partial charge in [-0.05, 0) is 53.9 Å². The molecule has 182 valence electrons. The lowest BCUT2D eigenvalue weighted by Crippen LogP contribution is -2.18. The van der Waals surface area contributed by atoms with Gasteiger partial charge in [-0.25, -0.2) is 17.6 Å². The zero-order chi connectivity index (χ0) is 25.7. The Labute approximate surface area is 213 Å². The highest BCUT2D eigenvalue weighted by Gasteiger charge is 2.67. The summed E-state index contributed by atoms with van der Waals surface area (Å²) < 4.78 is 53.7. The Morgan fingerprint density at radius 3 is 2.31 bits per heavy atom. The van der Waals surface area contributed by atoms with Crippen LogP contribution in [0.4, 0.5) is 23.2 Å². The number of anilines is 1. The van der Waals surface area contributed by atoms with Gasteiger partial charge in [-0.15, -0.1) is 23.2 Å². The van der Waals surface area contributed by atoms with Gasteiger partial charge in [0.25, 0.3) is 0 Å². The summed E-state index contributed by atoms with van der Waals surface area (Å²) in [6.45, 7) is 1.37. The second-order valence-corrected chi connectivity index (χ2v) is 10.1. The van der Waals surface area contributed by atoms with Gasteiger partial charge in [0, 0.05) is 29.7 Å². The number of halogens is 7. The van der Waals surface area contributed by atoms with Crippen molar-refractivity contribution >= 4 is 52.2 Å². The van der Waals surface area contributed by atoms with Gasteiger partial charge in [0.2, 0.25) is 5.91 Å². The second kappa shape index (κ2) is 9.45. The van der Waals surface area contributed by atoms with E-state index in [0.29, 0.717) is 11.6 Å². The summed E-state index contributed by atoms with van der Waals surface area (Å²) in [4.78, 5) is 25.7. The minimum atomic E-state index is -1.51. The van der Waals surface area contributed by atoms with E-state index in [1.54, 1.807) is 0 Å². The number of carbonyl (C=O) groups is 2. The van der Waals surface area contributed by atoms with E-state index < -0.39 is 57.5 Å². The molecule has 1 aliphatic carbocycles. The van der Waals surface area contributed by atoms with E-state index in [1.807, 2.05) is 0 Å².